The van der Waals surface area contributed by atoms with Gasteiger partial charge in [-0.25, -0.2) is 0 Å². The summed E-state index contributed by atoms with van der Waals surface area (Å²) in [7, 11) is 0. The molecule has 0 bridgehead atoms. The van der Waals surface area contributed by atoms with Crippen LogP contribution in [-0.2, 0) is 10.8 Å². The fourth-order valence-electron chi connectivity index (χ4n) is 8.61. The molecule has 0 fully saturated rings. The molecule has 2 aliphatic heterocycles. The number of benzene rings is 6. The number of thiophene rings is 1. The van der Waals surface area contributed by atoms with E-state index in [2.05, 4.69) is 182 Å². The van der Waals surface area contributed by atoms with Crippen LogP contribution >= 0.6 is 11.3 Å². The molecule has 0 N–H and O–H groups in total. The van der Waals surface area contributed by atoms with Gasteiger partial charge < -0.3 is 4.90 Å². The molecule has 0 spiro atoms. The summed E-state index contributed by atoms with van der Waals surface area (Å²) in [4.78, 5) is 2.59. The van der Waals surface area contributed by atoms with Gasteiger partial charge in [-0.2, -0.15) is 0 Å². The third-order valence-corrected chi connectivity index (χ3v) is 12.5. The lowest BCUT2D eigenvalue weighted by atomic mass is 9.39. The van der Waals surface area contributed by atoms with Gasteiger partial charge in [0, 0.05) is 27.0 Å². The number of nitrogens with zero attached hydrogens (tertiary/aromatic N) is 1. The summed E-state index contributed by atoms with van der Waals surface area (Å²) in [6, 6.07) is 46.3. The Kier molecular flexibility index (Phi) is 7.12. The van der Waals surface area contributed by atoms with Gasteiger partial charge in [0.05, 0.1) is 5.69 Å². The third kappa shape index (κ3) is 4.96. The maximum absolute atomic E-state index is 2.59. The van der Waals surface area contributed by atoms with Crippen LogP contribution in [0.2, 0.25) is 0 Å². The first-order chi connectivity index (χ1) is 24.4. The van der Waals surface area contributed by atoms with Crippen molar-refractivity contribution in [2.75, 3.05) is 4.90 Å². The topological polar surface area (TPSA) is 3.24 Å². The molecule has 0 atom stereocenters. The van der Waals surface area contributed by atoms with Crippen molar-refractivity contribution < 1.29 is 0 Å². The predicted octanol–water partition coefficient (Wildman–Crippen LogP) is 11.7. The van der Waals surface area contributed by atoms with Crippen molar-refractivity contribution in [1.29, 1.82) is 0 Å². The fraction of sp³-hybridized carbons (Fsp3) is 0.208. The van der Waals surface area contributed by atoms with Gasteiger partial charge in [-0.1, -0.05) is 120 Å². The zero-order chi connectivity index (χ0) is 35.4. The first-order valence-corrected chi connectivity index (χ1v) is 19.1. The Bertz CT molecular complexity index is 2500. The molecular formula is C48H44BNS. The quantitative estimate of drug-likeness (QED) is 0.168. The first kappa shape index (κ1) is 32.1. The van der Waals surface area contributed by atoms with Crippen LogP contribution in [0.25, 0.3) is 43.5 Å². The number of hydrogen-bond acceptors (Lipinski definition) is 2. The second-order valence-corrected chi connectivity index (χ2v) is 17.8. The highest BCUT2D eigenvalue weighted by molar-refractivity contribution is 7.34. The van der Waals surface area contributed by atoms with Crippen LogP contribution < -0.4 is 20.6 Å². The van der Waals surface area contributed by atoms with Gasteiger partial charge in [0.2, 0.25) is 0 Å². The van der Waals surface area contributed by atoms with E-state index in [0.29, 0.717) is 0 Å². The van der Waals surface area contributed by atoms with E-state index in [4.69, 9.17) is 0 Å². The highest BCUT2D eigenvalue weighted by Crippen LogP contribution is 2.49. The van der Waals surface area contributed by atoms with Gasteiger partial charge in [0.25, 0.3) is 6.71 Å². The van der Waals surface area contributed by atoms with E-state index in [1.165, 1.54) is 98.5 Å². The summed E-state index contributed by atoms with van der Waals surface area (Å²) in [6.07, 6.45) is 0. The predicted molar refractivity (Wildman–Crippen MR) is 224 cm³/mol. The molecule has 51 heavy (non-hydrogen) atoms. The smallest absolute Gasteiger partial charge is 0.260 e. The van der Waals surface area contributed by atoms with Crippen molar-refractivity contribution in [1.82, 2.24) is 0 Å². The van der Waals surface area contributed by atoms with Crippen molar-refractivity contribution >= 4 is 60.9 Å². The SMILES string of the molecule is Cc1cccc(C)c1-c1cc2c3c(c1)N(c1ccc(C(C)(C)C)cc1-c1ccccc1)c1ccccc1B3c1sc3ccc(C(C)(C)C)cc3c1-2. The normalized spacial score (nSPS) is 13.4. The molecule has 1 nitrogen and oxygen atoms in total. The number of para-hydroxylation sites is 1. The molecule has 9 rings (SSSR count). The molecule has 3 heterocycles. The average molecular weight is 678 g/mol. The number of anilines is 3. The van der Waals surface area contributed by atoms with Crippen molar-refractivity contribution in [2.45, 2.75) is 66.2 Å². The second-order valence-electron chi connectivity index (χ2n) is 16.7. The van der Waals surface area contributed by atoms with Crippen LogP contribution in [0.4, 0.5) is 17.1 Å². The minimum absolute atomic E-state index is 0.0255. The van der Waals surface area contributed by atoms with E-state index in [1.807, 2.05) is 11.3 Å². The zero-order valence-electron chi connectivity index (χ0n) is 31.0. The lowest BCUT2D eigenvalue weighted by Crippen LogP contribution is -2.54. The summed E-state index contributed by atoms with van der Waals surface area (Å²) < 4.78 is 2.85. The van der Waals surface area contributed by atoms with Crippen molar-refractivity contribution in [3.05, 3.63) is 144 Å². The number of hydrogen-bond donors (Lipinski definition) is 0. The molecule has 2 aliphatic rings. The van der Waals surface area contributed by atoms with Crippen LogP contribution in [0, 0.1) is 13.8 Å². The first-order valence-electron chi connectivity index (χ1n) is 18.3. The summed E-state index contributed by atoms with van der Waals surface area (Å²) in [5, 5.41) is 1.39. The van der Waals surface area contributed by atoms with E-state index in [-0.39, 0.29) is 17.5 Å². The lowest BCUT2D eigenvalue weighted by molar-refractivity contribution is 0.590. The molecule has 0 aliphatic carbocycles. The monoisotopic (exact) mass is 677 g/mol. The Labute approximate surface area is 307 Å². The molecule has 0 saturated carbocycles. The minimum atomic E-state index is 0.0255. The molecule has 3 heteroatoms. The van der Waals surface area contributed by atoms with Crippen LogP contribution in [0.15, 0.2) is 121 Å². The van der Waals surface area contributed by atoms with Gasteiger partial charge >= 0.3 is 0 Å². The highest BCUT2D eigenvalue weighted by Gasteiger charge is 2.45. The van der Waals surface area contributed by atoms with Crippen molar-refractivity contribution in [2.24, 2.45) is 0 Å². The Balaban J connectivity index is 1.41. The molecule has 1 aromatic heterocycles. The van der Waals surface area contributed by atoms with Crippen LogP contribution in [-0.4, -0.2) is 6.71 Å². The molecule has 0 unspecified atom stereocenters. The van der Waals surface area contributed by atoms with E-state index in [1.54, 1.807) is 0 Å². The number of aryl methyl sites for hydroxylation is 2. The average Bonchev–Trinajstić information content (AvgIpc) is 3.63. The van der Waals surface area contributed by atoms with Crippen LogP contribution in [0.5, 0.6) is 0 Å². The Morgan fingerprint density at radius 2 is 1.20 bits per heavy atom. The van der Waals surface area contributed by atoms with Gasteiger partial charge in [-0.15, -0.1) is 11.3 Å². The number of rotatable bonds is 3. The van der Waals surface area contributed by atoms with E-state index in [9.17, 15) is 0 Å². The maximum atomic E-state index is 2.59. The van der Waals surface area contributed by atoms with E-state index < -0.39 is 0 Å². The van der Waals surface area contributed by atoms with Gasteiger partial charge in [0.1, 0.15) is 0 Å². The van der Waals surface area contributed by atoms with Crippen LogP contribution in [0.1, 0.15) is 63.8 Å². The summed E-state index contributed by atoms with van der Waals surface area (Å²) in [6.45, 7) is 18.6. The Hall–Kier alpha value is -4.86. The van der Waals surface area contributed by atoms with Gasteiger partial charge in [-0.05, 0) is 133 Å². The Morgan fingerprint density at radius 3 is 1.92 bits per heavy atom. The van der Waals surface area contributed by atoms with E-state index in [0.717, 1.165) is 0 Å². The largest absolute Gasteiger partial charge is 0.311 e. The van der Waals surface area contributed by atoms with Crippen LogP contribution in [0.3, 0.4) is 0 Å². The molecule has 0 radical (unpaired) electrons. The summed E-state index contributed by atoms with van der Waals surface area (Å²) in [5.41, 5.74) is 20.0. The van der Waals surface area contributed by atoms with E-state index >= 15 is 0 Å². The molecular weight excluding hydrogens is 633 g/mol. The minimum Gasteiger partial charge on any atom is -0.311 e. The van der Waals surface area contributed by atoms with Crippen molar-refractivity contribution in [3.63, 3.8) is 0 Å². The summed E-state index contributed by atoms with van der Waals surface area (Å²) in [5.74, 6) is 0. The second kappa shape index (κ2) is 11.3. The number of fused-ring (bicyclic) bond motifs is 7. The van der Waals surface area contributed by atoms with Crippen molar-refractivity contribution in [3.8, 4) is 33.4 Å². The lowest BCUT2D eigenvalue weighted by Gasteiger charge is -2.37. The fourth-order valence-corrected chi connectivity index (χ4v) is 9.94. The summed E-state index contributed by atoms with van der Waals surface area (Å²) >= 11 is 1.99. The molecule has 0 saturated heterocycles. The maximum Gasteiger partial charge on any atom is 0.260 e. The third-order valence-electron chi connectivity index (χ3n) is 11.2. The Morgan fingerprint density at radius 1 is 0.529 bits per heavy atom. The molecule has 7 aromatic rings. The standard InChI is InChI=1S/C48H44BNS/c1-29-15-14-16-30(2)43(29)32-25-37-44-36-28-34(48(6,7)8)22-24-42(36)51-46(44)49-38-19-12-13-20-40(38)50(41(26-32)45(37)49)39-23-21-33(47(3,4)5)27-35(39)31-17-10-9-11-18-31/h9-28H,1-8H3. The zero-order valence-corrected chi connectivity index (χ0v) is 31.8. The highest BCUT2D eigenvalue weighted by atomic mass is 32.1. The molecule has 250 valence electrons. The molecule has 0 amide bonds. The van der Waals surface area contributed by atoms with Gasteiger partial charge in [0.15, 0.2) is 0 Å². The molecule has 6 aromatic carbocycles. The van der Waals surface area contributed by atoms with Gasteiger partial charge in [-0.3, -0.25) is 0 Å².